The average molecular weight is 268 g/mol. The van der Waals surface area contributed by atoms with Gasteiger partial charge in [0.1, 0.15) is 6.61 Å². The first-order valence-electron chi connectivity index (χ1n) is 6.73. The fraction of sp³-hybridized carbons (Fsp3) is 0.846. The fourth-order valence-electron chi connectivity index (χ4n) is 3.41. The maximum atomic E-state index is 5.18. The maximum Gasteiger partial charge on any atom is 0.236 e. The molecule has 0 aliphatic heterocycles. The zero-order valence-corrected chi connectivity index (χ0v) is 11.6. The summed E-state index contributed by atoms with van der Waals surface area (Å²) in [7, 11) is 1.64. The highest BCUT2D eigenvalue weighted by Crippen LogP contribution is 2.49. The first kappa shape index (κ1) is 12.5. The van der Waals surface area contributed by atoms with Crippen LogP contribution in [0.3, 0.4) is 0 Å². The number of hydrogen-bond acceptors (Lipinski definition) is 5. The second-order valence-corrected chi connectivity index (χ2v) is 6.52. The molecule has 1 aromatic rings. The minimum Gasteiger partial charge on any atom is -0.377 e. The Bertz CT molecular complexity index is 396. The van der Waals surface area contributed by atoms with Crippen LogP contribution in [0.1, 0.15) is 37.4 Å². The predicted molar refractivity (Wildman–Crippen MR) is 70.1 cm³/mol. The van der Waals surface area contributed by atoms with E-state index < -0.39 is 0 Å². The van der Waals surface area contributed by atoms with Crippen molar-refractivity contribution in [2.75, 3.05) is 12.9 Å². The molecule has 1 heterocycles. The number of aromatic nitrogens is 2. The zero-order chi connectivity index (χ0) is 12.4. The lowest BCUT2D eigenvalue weighted by Gasteiger charge is -2.20. The van der Waals surface area contributed by atoms with Crippen molar-refractivity contribution in [1.29, 1.82) is 0 Å². The fourth-order valence-corrected chi connectivity index (χ4v) is 4.54. The normalized spacial score (nSPS) is 30.2. The molecule has 2 aliphatic carbocycles. The molecular formula is C13H20N2O2S. The number of rotatable bonds is 6. The summed E-state index contributed by atoms with van der Waals surface area (Å²) >= 11 is 1.94. The van der Waals surface area contributed by atoms with E-state index in [4.69, 9.17) is 9.26 Å². The zero-order valence-electron chi connectivity index (χ0n) is 10.8. The van der Waals surface area contributed by atoms with Crippen molar-refractivity contribution in [3.05, 3.63) is 11.7 Å². The van der Waals surface area contributed by atoms with Crippen LogP contribution in [0.5, 0.6) is 0 Å². The van der Waals surface area contributed by atoms with E-state index in [1.807, 2.05) is 11.8 Å². The second-order valence-electron chi connectivity index (χ2n) is 5.49. The van der Waals surface area contributed by atoms with Crippen molar-refractivity contribution in [1.82, 2.24) is 10.1 Å². The molecule has 0 spiro atoms. The van der Waals surface area contributed by atoms with Crippen molar-refractivity contribution in [2.45, 2.75) is 38.0 Å². The van der Waals surface area contributed by atoms with E-state index in [2.05, 4.69) is 10.1 Å². The van der Waals surface area contributed by atoms with E-state index in [0.29, 0.717) is 12.4 Å². The van der Waals surface area contributed by atoms with Gasteiger partial charge < -0.3 is 9.26 Å². The van der Waals surface area contributed by atoms with Crippen molar-refractivity contribution in [3.63, 3.8) is 0 Å². The number of ether oxygens (including phenoxy) is 1. The molecule has 2 fully saturated rings. The molecule has 18 heavy (non-hydrogen) atoms. The van der Waals surface area contributed by atoms with Crippen LogP contribution >= 0.6 is 11.8 Å². The van der Waals surface area contributed by atoms with E-state index in [1.165, 1.54) is 31.4 Å². The monoisotopic (exact) mass is 268 g/mol. The molecule has 2 saturated carbocycles. The number of nitrogens with zero attached hydrogens (tertiary/aromatic N) is 2. The van der Waals surface area contributed by atoms with Crippen molar-refractivity contribution in [3.8, 4) is 0 Å². The molecular weight excluding hydrogens is 248 g/mol. The van der Waals surface area contributed by atoms with Gasteiger partial charge in [-0.15, -0.1) is 0 Å². The maximum absolute atomic E-state index is 5.18. The number of thioether (sulfide) groups is 1. The standard InChI is InChI=1S/C13H20N2O2S/c1-16-6-12-14-13(17-15-12)8-18-7-11-5-9-2-3-10(11)4-9/h9-11H,2-8H2,1H3/t9-,10-,11-/m0/s1. The molecule has 2 bridgehead atoms. The van der Waals surface area contributed by atoms with Crippen molar-refractivity contribution in [2.24, 2.45) is 17.8 Å². The summed E-state index contributed by atoms with van der Waals surface area (Å²) in [5.41, 5.74) is 0. The Labute approximate surface area is 112 Å². The quantitative estimate of drug-likeness (QED) is 0.794. The smallest absolute Gasteiger partial charge is 0.236 e. The van der Waals surface area contributed by atoms with Gasteiger partial charge in [-0.3, -0.25) is 0 Å². The van der Waals surface area contributed by atoms with Crippen LogP contribution in [0.4, 0.5) is 0 Å². The van der Waals surface area contributed by atoms with E-state index in [0.717, 1.165) is 29.4 Å². The third-order valence-corrected chi connectivity index (χ3v) is 5.34. The summed E-state index contributed by atoms with van der Waals surface area (Å²) in [4.78, 5) is 4.29. The van der Waals surface area contributed by atoms with Gasteiger partial charge in [-0.05, 0) is 42.8 Å². The molecule has 4 nitrogen and oxygen atoms in total. The summed E-state index contributed by atoms with van der Waals surface area (Å²) in [5, 5.41) is 3.87. The van der Waals surface area contributed by atoms with E-state index in [-0.39, 0.29) is 0 Å². The summed E-state index contributed by atoms with van der Waals surface area (Å²) in [6, 6.07) is 0. The Morgan fingerprint density at radius 3 is 3.06 bits per heavy atom. The highest BCUT2D eigenvalue weighted by atomic mass is 32.2. The van der Waals surface area contributed by atoms with Crippen LogP contribution < -0.4 is 0 Å². The molecule has 3 rings (SSSR count). The summed E-state index contributed by atoms with van der Waals surface area (Å²) < 4.78 is 10.2. The first-order valence-corrected chi connectivity index (χ1v) is 7.88. The molecule has 0 amide bonds. The largest absolute Gasteiger partial charge is 0.377 e. The van der Waals surface area contributed by atoms with Gasteiger partial charge in [0, 0.05) is 7.11 Å². The molecule has 5 heteroatoms. The Kier molecular flexibility index (Phi) is 3.89. The first-order chi connectivity index (χ1) is 8.85. The van der Waals surface area contributed by atoms with Gasteiger partial charge in [-0.1, -0.05) is 11.6 Å². The van der Waals surface area contributed by atoms with Gasteiger partial charge in [0.15, 0.2) is 5.82 Å². The van der Waals surface area contributed by atoms with Gasteiger partial charge in [-0.25, -0.2) is 0 Å². The molecule has 3 atom stereocenters. The van der Waals surface area contributed by atoms with E-state index >= 15 is 0 Å². The lowest BCUT2D eigenvalue weighted by molar-refractivity contribution is 0.174. The highest BCUT2D eigenvalue weighted by Gasteiger charge is 2.38. The molecule has 0 unspecified atom stereocenters. The van der Waals surface area contributed by atoms with Gasteiger partial charge in [0.25, 0.3) is 0 Å². The van der Waals surface area contributed by atoms with Gasteiger partial charge >= 0.3 is 0 Å². The van der Waals surface area contributed by atoms with Crippen LogP contribution in [0.25, 0.3) is 0 Å². The highest BCUT2D eigenvalue weighted by molar-refractivity contribution is 7.98. The minimum atomic E-state index is 0.431. The summed E-state index contributed by atoms with van der Waals surface area (Å²) in [6.07, 6.45) is 5.89. The van der Waals surface area contributed by atoms with Gasteiger partial charge in [0.2, 0.25) is 5.89 Å². The Morgan fingerprint density at radius 2 is 2.33 bits per heavy atom. The van der Waals surface area contributed by atoms with E-state index in [1.54, 1.807) is 7.11 Å². The molecule has 2 aliphatic rings. The van der Waals surface area contributed by atoms with Crippen LogP contribution in [0.2, 0.25) is 0 Å². The Balaban J connectivity index is 1.41. The molecule has 0 saturated heterocycles. The summed E-state index contributed by atoms with van der Waals surface area (Å²) in [5.74, 6) is 6.46. The number of fused-ring (bicyclic) bond motifs is 2. The predicted octanol–water partition coefficient (Wildman–Crippen LogP) is 2.89. The number of methoxy groups -OCH3 is 1. The van der Waals surface area contributed by atoms with E-state index in [9.17, 15) is 0 Å². The third kappa shape index (κ3) is 2.72. The van der Waals surface area contributed by atoms with Gasteiger partial charge in [-0.2, -0.15) is 16.7 Å². The molecule has 0 aromatic carbocycles. The Hall–Kier alpha value is -0.550. The lowest BCUT2D eigenvalue weighted by atomic mass is 9.90. The third-order valence-electron chi connectivity index (χ3n) is 4.23. The summed E-state index contributed by atoms with van der Waals surface area (Å²) in [6.45, 7) is 0.431. The van der Waals surface area contributed by atoms with Crippen LogP contribution in [0, 0.1) is 17.8 Å². The molecule has 0 N–H and O–H groups in total. The molecule has 100 valence electrons. The number of hydrogen-bond donors (Lipinski definition) is 0. The van der Waals surface area contributed by atoms with Crippen LogP contribution in [-0.4, -0.2) is 23.0 Å². The molecule has 0 radical (unpaired) electrons. The average Bonchev–Trinajstić information content (AvgIpc) is 3.06. The minimum absolute atomic E-state index is 0.431. The van der Waals surface area contributed by atoms with Crippen molar-refractivity contribution >= 4 is 11.8 Å². The van der Waals surface area contributed by atoms with Gasteiger partial charge in [0.05, 0.1) is 5.75 Å². The topological polar surface area (TPSA) is 48.2 Å². The Morgan fingerprint density at radius 1 is 1.39 bits per heavy atom. The lowest BCUT2D eigenvalue weighted by Crippen LogP contribution is -2.12. The van der Waals surface area contributed by atoms with Crippen LogP contribution in [0.15, 0.2) is 4.52 Å². The second kappa shape index (κ2) is 5.61. The van der Waals surface area contributed by atoms with Crippen LogP contribution in [-0.2, 0) is 17.1 Å². The van der Waals surface area contributed by atoms with Crippen molar-refractivity contribution < 1.29 is 9.26 Å². The molecule has 1 aromatic heterocycles. The SMILES string of the molecule is COCc1noc(CSC[C@@H]2C[C@H]3CC[C@H]2C3)n1.